The summed E-state index contributed by atoms with van der Waals surface area (Å²) in [5, 5.41) is 0. The third-order valence-electron chi connectivity index (χ3n) is 2.79. The van der Waals surface area contributed by atoms with Crippen molar-refractivity contribution < 1.29 is 4.79 Å². The standard InChI is InChI=1S/C13H15NO/c1-2-10-6-7-12(14-9-10)8-11-4-3-5-13(11)15/h4,6-7,9H,2-3,5,8H2,1H3. The molecular weight excluding hydrogens is 186 g/mol. The molecule has 0 saturated heterocycles. The second-order valence-electron chi connectivity index (χ2n) is 3.88. The van der Waals surface area contributed by atoms with Crippen molar-refractivity contribution in [1.82, 2.24) is 4.98 Å². The number of nitrogens with zero attached hydrogens (tertiary/aromatic N) is 1. The van der Waals surface area contributed by atoms with E-state index in [-0.39, 0.29) is 5.78 Å². The Morgan fingerprint density at radius 2 is 2.27 bits per heavy atom. The second kappa shape index (κ2) is 4.39. The summed E-state index contributed by atoms with van der Waals surface area (Å²) in [6.07, 6.45) is 7.23. The van der Waals surface area contributed by atoms with E-state index in [4.69, 9.17) is 0 Å². The van der Waals surface area contributed by atoms with Crippen LogP contribution in [0.2, 0.25) is 0 Å². The molecule has 0 radical (unpaired) electrons. The fourth-order valence-corrected chi connectivity index (χ4v) is 1.79. The summed E-state index contributed by atoms with van der Waals surface area (Å²) in [4.78, 5) is 15.8. The van der Waals surface area contributed by atoms with Crippen LogP contribution in [-0.2, 0) is 17.6 Å². The Balaban J connectivity index is 2.08. The Morgan fingerprint density at radius 1 is 1.40 bits per heavy atom. The lowest BCUT2D eigenvalue weighted by molar-refractivity contribution is -0.115. The van der Waals surface area contributed by atoms with Crippen molar-refractivity contribution in [2.75, 3.05) is 0 Å². The average molecular weight is 201 g/mol. The number of Topliss-reactive ketones (excluding diaryl/α,β-unsaturated/α-hetero) is 1. The molecule has 1 heterocycles. The molecule has 0 N–H and O–H groups in total. The third-order valence-corrected chi connectivity index (χ3v) is 2.79. The molecule has 0 unspecified atom stereocenters. The number of ketones is 1. The highest BCUT2D eigenvalue weighted by molar-refractivity contribution is 5.97. The smallest absolute Gasteiger partial charge is 0.159 e. The van der Waals surface area contributed by atoms with E-state index in [9.17, 15) is 4.79 Å². The highest BCUT2D eigenvalue weighted by Gasteiger charge is 2.15. The average Bonchev–Trinajstić information content (AvgIpc) is 2.66. The Labute approximate surface area is 90.0 Å². The van der Waals surface area contributed by atoms with E-state index in [2.05, 4.69) is 18.0 Å². The van der Waals surface area contributed by atoms with Crippen molar-refractivity contribution in [1.29, 1.82) is 0 Å². The molecule has 0 saturated carbocycles. The van der Waals surface area contributed by atoms with E-state index in [0.717, 1.165) is 24.1 Å². The van der Waals surface area contributed by atoms with Crippen molar-refractivity contribution >= 4 is 5.78 Å². The molecular formula is C13H15NO. The number of pyridine rings is 1. The normalized spacial score (nSPS) is 15.5. The maximum Gasteiger partial charge on any atom is 0.159 e. The van der Waals surface area contributed by atoms with Crippen molar-refractivity contribution in [2.24, 2.45) is 0 Å². The molecule has 0 amide bonds. The Hall–Kier alpha value is -1.44. The van der Waals surface area contributed by atoms with Gasteiger partial charge in [0.2, 0.25) is 0 Å². The molecule has 0 aliphatic heterocycles. The van der Waals surface area contributed by atoms with Crippen LogP contribution in [0.15, 0.2) is 30.0 Å². The fraction of sp³-hybridized carbons (Fsp3) is 0.385. The zero-order chi connectivity index (χ0) is 10.7. The van der Waals surface area contributed by atoms with Gasteiger partial charge in [-0.2, -0.15) is 0 Å². The first kappa shape index (κ1) is 10.1. The molecule has 0 aromatic carbocycles. The number of rotatable bonds is 3. The van der Waals surface area contributed by atoms with Crippen molar-refractivity contribution in [3.8, 4) is 0 Å². The van der Waals surface area contributed by atoms with Gasteiger partial charge in [-0.1, -0.05) is 19.1 Å². The molecule has 1 aromatic rings. The van der Waals surface area contributed by atoms with Crippen LogP contribution in [0.4, 0.5) is 0 Å². The molecule has 78 valence electrons. The molecule has 1 aromatic heterocycles. The van der Waals surface area contributed by atoms with Gasteiger partial charge in [-0.15, -0.1) is 0 Å². The Morgan fingerprint density at radius 3 is 2.80 bits per heavy atom. The monoisotopic (exact) mass is 201 g/mol. The minimum absolute atomic E-state index is 0.288. The lowest BCUT2D eigenvalue weighted by Gasteiger charge is -2.02. The van der Waals surface area contributed by atoms with E-state index in [1.165, 1.54) is 5.56 Å². The third kappa shape index (κ3) is 2.32. The van der Waals surface area contributed by atoms with Crippen LogP contribution in [0.1, 0.15) is 31.0 Å². The first-order valence-electron chi connectivity index (χ1n) is 5.45. The maximum absolute atomic E-state index is 11.4. The predicted molar refractivity (Wildman–Crippen MR) is 59.6 cm³/mol. The number of aromatic nitrogens is 1. The summed E-state index contributed by atoms with van der Waals surface area (Å²) in [7, 11) is 0. The lowest BCUT2D eigenvalue weighted by Crippen LogP contribution is -2.01. The van der Waals surface area contributed by atoms with Crippen LogP contribution >= 0.6 is 0 Å². The molecule has 1 aliphatic carbocycles. The summed E-state index contributed by atoms with van der Waals surface area (Å²) in [6.45, 7) is 2.11. The first-order valence-corrected chi connectivity index (χ1v) is 5.45. The summed E-state index contributed by atoms with van der Waals surface area (Å²) in [5.74, 6) is 0.288. The maximum atomic E-state index is 11.4. The molecule has 15 heavy (non-hydrogen) atoms. The molecule has 0 spiro atoms. The number of carbonyl (C=O) groups is 1. The fourth-order valence-electron chi connectivity index (χ4n) is 1.79. The van der Waals surface area contributed by atoms with E-state index < -0.39 is 0 Å². The van der Waals surface area contributed by atoms with Gasteiger partial charge in [0.05, 0.1) is 0 Å². The molecule has 0 atom stereocenters. The van der Waals surface area contributed by atoms with E-state index in [1.807, 2.05) is 18.3 Å². The highest BCUT2D eigenvalue weighted by Crippen LogP contribution is 2.17. The van der Waals surface area contributed by atoms with Crippen LogP contribution < -0.4 is 0 Å². The van der Waals surface area contributed by atoms with Gasteiger partial charge in [-0.05, 0) is 30.0 Å². The van der Waals surface area contributed by atoms with Gasteiger partial charge in [0, 0.05) is 24.7 Å². The number of hydrogen-bond acceptors (Lipinski definition) is 2. The zero-order valence-electron chi connectivity index (χ0n) is 8.99. The van der Waals surface area contributed by atoms with E-state index in [0.29, 0.717) is 12.8 Å². The molecule has 0 bridgehead atoms. The van der Waals surface area contributed by atoms with Crippen molar-refractivity contribution in [3.63, 3.8) is 0 Å². The highest BCUT2D eigenvalue weighted by atomic mass is 16.1. The van der Waals surface area contributed by atoms with E-state index >= 15 is 0 Å². The Bertz CT molecular complexity index is 390. The number of carbonyl (C=O) groups excluding carboxylic acids is 1. The first-order chi connectivity index (χ1) is 7.29. The number of hydrogen-bond donors (Lipinski definition) is 0. The second-order valence-corrected chi connectivity index (χ2v) is 3.88. The topological polar surface area (TPSA) is 30.0 Å². The van der Waals surface area contributed by atoms with Crippen LogP contribution in [0.3, 0.4) is 0 Å². The van der Waals surface area contributed by atoms with Gasteiger partial charge < -0.3 is 0 Å². The van der Waals surface area contributed by atoms with Crippen LogP contribution in [0, 0.1) is 0 Å². The lowest BCUT2D eigenvalue weighted by atomic mass is 10.1. The summed E-state index contributed by atoms with van der Waals surface area (Å²) in [6, 6.07) is 4.10. The summed E-state index contributed by atoms with van der Waals surface area (Å²) < 4.78 is 0. The minimum atomic E-state index is 0.288. The SMILES string of the molecule is CCc1ccc(CC2=CCCC2=O)nc1. The van der Waals surface area contributed by atoms with Gasteiger partial charge in [-0.3, -0.25) is 9.78 Å². The number of aryl methyl sites for hydroxylation is 1. The van der Waals surface area contributed by atoms with Crippen molar-refractivity contribution in [3.05, 3.63) is 41.2 Å². The zero-order valence-corrected chi connectivity index (χ0v) is 8.99. The molecule has 0 fully saturated rings. The largest absolute Gasteiger partial charge is 0.295 e. The van der Waals surface area contributed by atoms with Gasteiger partial charge in [0.1, 0.15) is 0 Å². The van der Waals surface area contributed by atoms with Gasteiger partial charge in [0.15, 0.2) is 5.78 Å². The van der Waals surface area contributed by atoms with Crippen LogP contribution in [0.5, 0.6) is 0 Å². The van der Waals surface area contributed by atoms with E-state index in [1.54, 1.807) is 0 Å². The van der Waals surface area contributed by atoms with Crippen LogP contribution in [0.25, 0.3) is 0 Å². The van der Waals surface area contributed by atoms with Gasteiger partial charge in [-0.25, -0.2) is 0 Å². The molecule has 1 aliphatic rings. The molecule has 2 heteroatoms. The predicted octanol–water partition coefficient (Wildman–Crippen LogP) is 2.48. The van der Waals surface area contributed by atoms with Gasteiger partial charge in [0.25, 0.3) is 0 Å². The number of allylic oxidation sites excluding steroid dienone is 2. The molecule has 2 nitrogen and oxygen atoms in total. The Kier molecular flexibility index (Phi) is 2.95. The summed E-state index contributed by atoms with van der Waals surface area (Å²) in [5.41, 5.74) is 3.17. The molecule has 2 rings (SSSR count). The summed E-state index contributed by atoms with van der Waals surface area (Å²) >= 11 is 0. The van der Waals surface area contributed by atoms with Crippen molar-refractivity contribution in [2.45, 2.75) is 32.6 Å². The van der Waals surface area contributed by atoms with Crippen LogP contribution in [-0.4, -0.2) is 10.8 Å². The minimum Gasteiger partial charge on any atom is -0.295 e. The van der Waals surface area contributed by atoms with Gasteiger partial charge >= 0.3 is 0 Å². The quantitative estimate of drug-likeness (QED) is 0.752.